The molecule has 84 valence electrons. The first-order valence-corrected chi connectivity index (χ1v) is 5.30. The van der Waals surface area contributed by atoms with E-state index in [4.69, 9.17) is 10.4 Å². The van der Waals surface area contributed by atoms with Crippen molar-refractivity contribution >= 4 is 11.8 Å². The number of ketones is 1. The summed E-state index contributed by atoms with van der Waals surface area (Å²) in [6.45, 7) is 2.10. The molecule has 1 atom stereocenters. The molecular weight excluding hydrogens is 194 g/mol. The Morgan fingerprint density at radius 1 is 1.27 bits per heavy atom. The van der Waals surface area contributed by atoms with Crippen LogP contribution in [0.4, 0.5) is 0 Å². The number of carbonyl (C=O) groups excluding carboxylic acids is 1. The van der Waals surface area contributed by atoms with E-state index in [1.165, 1.54) is 0 Å². The van der Waals surface area contributed by atoms with Crippen LogP contribution in [0.2, 0.25) is 0 Å². The fourth-order valence-corrected chi connectivity index (χ4v) is 1.36. The highest BCUT2D eigenvalue weighted by atomic mass is 16.4. The van der Waals surface area contributed by atoms with Gasteiger partial charge in [0.2, 0.25) is 0 Å². The number of nitriles is 1. The van der Waals surface area contributed by atoms with Crippen LogP contribution in [0.1, 0.15) is 45.4 Å². The Hall–Kier alpha value is -1.37. The van der Waals surface area contributed by atoms with Gasteiger partial charge in [-0.05, 0) is 6.42 Å². The van der Waals surface area contributed by atoms with E-state index < -0.39 is 17.7 Å². The Morgan fingerprint density at radius 3 is 2.33 bits per heavy atom. The Balaban J connectivity index is 3.78. The van der Waals surface area contributed by atoms with Gasteiger partial charge in [-0.15, -0.1) is 0 Å². The highest BCUT2D eigenvalue weighted by Gasteiger charge is 2.23. The smallest absolute Gasteiger partial charge is 0.373 e. The van der Waals surface area contributed by atoms with Gasteiger partial charge >= 0.3 is 5.97 Å². The van der Waals surface area contributed by atoms with E-state index in [9.17, 15) is 9.59 Å². The topological polar surface area (TPSA) is 78.2 Å². The van der Waals surface area contributed by atoms with Crippen molar-refractivity contribution in [3.8, 4) is 6.07 Å². The Bertz CT molecular complexity index is 255. The van der Waals surface area contributed by atoms with Gasteiger partial charge < -0.3 is 5.11 Å². The van der Waals surface area contributed by atoms with Gasteiger partial charge in [0.15, 0.2) is 0 Å². The van der Waals surface area contributed by atoms with E-state index in [1.54, 1.807) is 6.07 Å². The van der Waals surface area contributed by atoms with Gasteiger partial charge in [0.1, 0.15) is 5.92 Å². The molecule has 0 spiro atoms. The zero-order valence-corrected chi connectivity index (χ0v) is 9.03. The minimum absolute atomic E-state index is 0.366. The molecule has 0 aliphatic heterocycles. The van der Waals surface area contributed by atoms with Crippen LogP contribution in [0, 0.1) is 17.2 Å². The van der Waals surface area contributed by atoms with Gasteiger partial charge in [0.05, 0.1) is 6.07 Å². The van der Waals surface area contributed by atoms with Crippen LogP contribution in [0.25, 0.3) is 0 Å². The summed E-state index contributed by atoms with van der Waals surface area (Å²) in [5.41, 5.74) is 0. The van der Waals surface area contributed by atoms with Crippen molar-refractivity contribution in [3.63, 3.8) is 0 Å². The maximum Gasteiger partial charge on any atom is 0.373 e. The van der Waals surface area contributed by atoms with E-state index in [0.717, 1.165) is 32.1 Å². The van der Waals surface area contributed by atoms with E-state index in [2.05, 4.69) is 6.92 Å². The molecule has 0 aromatic rings. The second kappa shape index (κ2) is 7.98. The number of rotatable bonds is 8. The van der Waals surface area contributed by atoms with Gasteiger partial charge in [0, 0.05) is 0 Å². The molecule has 0 aromatic carbocycles. The minimum atomic E-state index is -1.50. The van der Waals surface area contributed by atoms with Crippen molar-refractivity contribution in [2.24, 2.45) is 5.92 Å². The minimum Gasteiger partial charge on any atom is -0.475 e. The summed E-state index contributed by atoms with van der Waals surface area (Å²) in [5.74, 6) is -3.45. The molecular formula is C11H17NO3. The van der Waals surface area contributed by atoms with Crippen LogP contribution < -0.4 is 0 Å². The normalized spacial score (nSPS) is 11.7. The highest BCUT2D eigenvalue weighted by molar-refractivity contribution is 6.34. The molecule has 1 N–H and O–H groups in total. The molecule has 0 aromatic heterocycles. The lowest BCUT2D eigenvalue weighted by Crippen LogP contribution is -2.22. The van der Waals surface area contributed by atoms with E-state index in [-0.39, 0.29) is 0 Å². The monoisotopic (exact) mass is 211 g/mol. The van der Waals surface area contributed by atoms with E-state index in [0.29, 0.717) is 6.42 Å². The summed E-state index contributed by atoms with van der Waals surface area (Å²) in [7, 11) is 0. The molecule has 0 aliphatic rings. The lowest BCUT2D eigenvalue weighted by molar-refractivity contribution is -0.150. The van der Waals surface area contributed by atoms with Crippen LogP contribution in [-0.4, -0.2) is 16.9 Å². The Labute approximate surface area is 89.9 Å². The van der Waals surface area contributed by atoms with E-state index in [1.807, 2.05) is 0 Å². The van der Waals surface area contributed by atoms with Crippen molar-refractivity contribution in [3.05, 3.63) is 0 Å². The molecule has 4 nitrogen and oxygen atoms in total. The van der Waals surface area contributed by atoms with Crippen molar-refractivity contribution in [1.82, 2.24) is 0 Å². The molecule has 0 amide bonds. The van der Waals surface area contributed by atoms with Gasteiger partial charge in [-0.25, -0.2) is 4.79 Å². The zero-order valence-electron chi connectivity index (χ0n) is 9.03. The van der Waals surface area contributed by atoms with Crippen LogP contribution in [0.15, 0.2) is 0 Å². The highest BCUT2D eigenvalue weighted by Crippen LogP contribution is 2.12. The molecule has 0 radical (unpaired) electrons. The van der Waals surface area contributed by atoms with Crippen LogP contribution in [0.3, 0.4) is 0 Å². The molecule has 0 saturated heterocycles. The van der Waals surface area contributed by atoms with Crippen molar-refractivity contribution in [2.75, 3.05) is 0 Å². The number of Topliss-reactive ketones (excluding diaryl/α,β-unsaturated/α-hetero) is 1. The fourth-order valence-electron chi connectivity index (χ4n) is 1.36. The van der Waals surface area contributed by atoms with E-state index >= 15 is 0 Å². The number of hydrogen-bond donors (Lipinski definition) is 1. The molecule has 0 saturated carbocycles. The Morgan fingerprint density at radius 2 is 1.87 bits per heavy atom. The Kier molecular flexibility index (Phi) is 7.25. The summed E-state index contributed by atoms with van der Waals surface area (Å²) >= 11 is 0. The number of carboxylic acids is 1. The quantitative estimate of drug-likeness (QED) is 0.492. The number of unbranched alkanes of at least 4 members (excludes halogenated alkanes) is 4. The van der Waals surface area contributed by atoms with Crippen molar-refractivity contribution in [2.45, 2.75) is 45.4 Å². The third-order valence-corrected chi connectivity index (χ3v) is 2.28. The first kappa shape index (κ1) is 13.6. The molecule has 15 heavy (non-hydrogen) atoms. The zero-order chi connectivity index (χ0) is 11.7. The van der Waals surface area contributed by atoms with Crippen LogP contribution in [-0.2, 0) is 9.59 Å². The first-order valence-electron chi connectivity index (χ1n) is 5.30. The lowest BCUT2D eigenvalue weighted by atomic mass is 9.98. The predicted octanol–water partition coefficient (Wildman–Crippen LogP) is 2.14. The molecule has 0 bridgehead atoms. The van der Waals surface area contributed by atoms with Crippen molar-refractivity contribution in [1.29, 1.82) is 5.26 Å². The standard InChI is InChI=1S/C11H17NO3/c1-2-3-4-5-6-7-9(8-12)10(13)11(14)15/h9H,2-7H2,1H3,(H,14,15). The number of carbonyl (C=O) groups is 2. The maximum atomic E-state index is 11.0. The molecule has 1 unspecified atom stereocenters. The summed E-state index contributed by atoms with van der Waals surface area (Å²) in [5, 5.41) is 17.0. The van der Waals surface area contributed by atoms with Crippen molar-refractivity contribution < 1.29 is 14.7 Å². The largest absolute Gasteiger partial charge is 0.475 e. The van der Waals surface area contributed by atoms with Crippen LogP contribution >= 0.6 is 0 Å². The third-order valence-electron chi connectivity index (χ3n) is 2.28. The second-order valence-electron chi connectivity index (χ2n) is 3.55. The van der Waals surface area contributed by atoms with Gasteiger partial charge in [-0.1, -0.05) is 39.0 Å². The summed E-state index contributed by atoms with van der Waals surface area (Å²) < 4.78 is 0. The summed E-state index contributed by atoms with van der Waals surface area (Å²) in [6.07, 6.45) is 5.43. The summed E-state index contributed by atoms with van der Waals surface area (Å²) in [6, 6.07) is 1.74. The first-order chi connectivity index (χ1) is 7.13. The predicted molar refractivity (Wildman–Crippen MR) is 55.1 cm³/mol. The van der Waals surface area contributed by atoms with Gasteiger partial charge in [0.25, 0.3) is 5.78 Å². The fraction of sp³-hybridized carbons (Fsp3) is 0.727. The number of aliphatic carboxylic acids is 1. The number of carboxylic acid groups (broad SMARTS) is 1. The molecule has 0 rings (SSSR count). The molecule has 4 heteroatoms. The SMILES string of the molecule is CCCCCCCC(C#N)C(=O)C(=O)O. The summed E-state index contributed by atoms with van der Waals surface area (Å²) in [4.78, 5) is 21.3. The third kappa shape index (κ3) is 5.84. The maximum absolute atomic E-state index is 11.0. The molecule has 0 aliphatic carbocycles. The second-order valence-corrected chi connectivity index (χ2v) is 3.55. The van der Waals surface area contributed by atoms with Gasteiger partial charge in [-0.3, -0.25) is 4.79 Å². The average molecular weight is 211 g/mol. The molecule has 0 heterocycles. The van der Waals surface area contributed by atoms with Crippen LogP contribution in [0.5, 0.6) is 0 Å². The van der Waals surface area contributed by atoms with Gasteiger partial charge in [-0.2, -0.15) is 5.26 Å². The molecule has 0 fully saturated rings. The lowest BCUT2D eigenvalue weighted by Gasteiger charge is -2.04. The number of hydrogen-bond acceptors (Lipinski definition) is 3. The number of nitrogens with zero attached hydrogens (tertiary/aromatic N) is 1. The average Bonchev–Trinajstić information content (AvgIpc) is 2.22.